The van der Waals surface area contributed by atoms with E-state index in [0.717, 1.165) is 31.2 Å². The van der Waals surface area contributed by atoms with Gasteiger partial charge in [-0.15, -0.1) is 11.3 Å². The molecule has 3 rings (SSSR count). The molecule has 0 spiro atoms. The van der Waals surface area contributed by atoms with Crippen LogP contribution in [0.5, 0.6) is 0 Å². The summed E-state index contributed by atoms with van der Waals surface area (Å²) in [6.45, 7) is 4.02. The fraction of sp³-hybridized carbons (Fsp3) is 0.545. The molecule has 0 aromatic carbocycles. The predicted molar refractivity (Wildman–Crippen MR) is 69.6 cm³/mol. The lowest BCUT2D eigenvalue weighted by atomic mass is 10.2. The van der Waals surface area contributed by atoms with E-state index in [1.807, 2.05) is 0 Å². The molecule has 0 amide bonds. The second kappa shape index (κ2) is 5.74. The lowest BCUT2D eigenvalue weighted by molar-refractivity contribution is 0.0348. The molecule has 19 heavy (non-hydrogen) atoms. The van der Waals surface area contributed by atoms with Crippen molar-refractivity contribution in [3.63, 3.8) is 0 Å². The Balaban J connectivity index is 1.65. The van der Waals surface area contributed by atoms with Gasteiger partial charge in [0.1, 0.15) is 4.88 Å². The molecule has 2 aromatic heterocycles. The van der Waals surface area contributed by atoms with Gasteiger partial charge in [0, 0.05) is 19.6 Å². The summed E-state index contributed by atoms with van der Waals surface area (Å²) in [5.41, 5.74) is 7.84. The van der Waals surface area contributed by atoms with E-state index < -0.39 is 0 Å². The van der Waals surface area contributed by atoms with E-state index in [4.69, 9.17) is 15.0 Å². The van der Waals surface area contributed by atoms with Crippen LogP contribution in [0.15, 0.2) is 16.2 Å². The molecule has 1 saturated heterocycles. The first kappa shape index (κ1) is 12.7. The lowest BCUT2D eigenvalue weighted by Gasteiger charge is -2.27. The Hall–Kier alpha value is -1.35. The van der Waals surface area contributed by atoms with Crippen LogP contribution in [0.2, 0.25) is 0 Å². The third kappa shape index (κ3) is 2.98. The number of aromatic nitrogens is 3. The maximum atomic E-state index is 6.11. The summed E-state index contributed by atoms with van der Waals surface area (Å²) in [6.07, 6.45) is 1.70. The van der Waals surface area contributed by atoms with Crippen molar-refractivity contribution in [3.05, 3.63) is 17.5 Å². The summed E-state index contributed by atoms with van der Waals surface area (Å²) in [6, 6.07) is -0.247. The van der Waals surface area contributed by atoms with Crippen molar-refractivity contribution in [2.45, 2.75) is 6.04 Å². The molecule has 1 aliphatic rings. The number of rotatable bonds is 4. The molecule has 0 radical (unpaired) electrons. The van der Waals surface area contributed by atoms with E-state index in [-0.39, 0.29) is 6.04 Å². The first-order valence-electron chi connectivity index (χ1n) is 6.11. The quantitative estimate of drug-likeness (QED) is 0.873. The smallest absolute Gasteiger partial charge is 0.269 e. The zero-order chi connectivity index (χ0) is 13.1. The van der Waals surface area contributed by atoms with Gasteiger partial charge in [0.05, 0.1) is 31.0 Å². The SMILES string of the molecule is NC(CN1CCOCC1)c1noc(-c2cncs2)n1. The van der Waals surface area contributed by atoms with Crippen LogP contribution in [0, 0.1) is 0 Å². The van der Waals surface area contributed by atoms with Crippen LogP contribution in [-0.4, -0.2) is 52.9 Å². The third-order valence-electron chi connectivity index (χ3n) is 2.98. The summed E-state index contributed by atoms with van der Waals surface area (Å²) in [4.78, 5) is 11.4. The van der Waals surface area contributed by atoms with Crippen LogP contribution >= 0.6 is 11.3 Å². The highest BCUT2D eigenvalue weighted by molar-refractivity contribution is 7.13. The molecule has 2 aromatic rings. The number of morpholine rings is 1. The molecule has 1 unspecified atom stereocenters. The minimum Gasteiger partial charge on any atom is -0.379 e. The Labute approximate surface area is 114 Å². The van der Waals surface area contributed by atoms with Gasteiger partial charge in [-0.1, -0.05) is 5.16 Å². The molecule has 1 atom stereocenters. The summed E-state index contributed by atoms with van der Waals surface area (Å²) in [5, 5.41) is 3.95. The summed E-state index contributed by atoms with van der Waals surface area (Å²) < 4.78 is 10.5. The zero-order valence-corrected chi connectivity index (χ0v) is 11.2. The lowest BCUT2D eigenvalue weighted by Crippen LogP contribution is -2.40. The van der Waals surface area contributed by atoms with Gasteiger partial charge in [-0.2, -0.15) is 4.98 Å². The highest BCUT2D eigenvalue weighted by Crippen LogP contribution is 2.22. The predicted octanol–water partition coefficient (Wildman–Crippen LogP) is 0.525. The van der Waals surface area contributed by atoms with Gasteiger partial charge in [0.2, 0.25) is 0 Å². The van der Waals surface area contributed by atoms with Crippen molar-refractivity contribution in [2.75, 3.05) is 32.8 Å². The van der Waals surface area contributed by atoms with Crippen molar-refractivity contribution in [3.8, 4) is 10.8 Å². The summed E-state index contributed by atoms with van der Waals surface area (Å²) >= 11 is 1.46. The minimum atomic E-state index is -0.247. The Morgan fingerprint density at radius 3 is 3.00 bits per heavy atom. The Kier molecular flexibility index (Phi) is 3.83. The van der Waals surface area contributed by atoms with Crippen LogP contribution in [0.3, 0.4) is 0 Å². The molecule has 1 fully saturated rings. The zero-order valence-electron chi connectivity index (χ0n) is 10.4. The average Bonchev–Trinajstić information content (AvgIpc) is 3.11. The molecule has 102 valence electrons. The summed E-state index contributed by atoms with van der Waals surface area (Å²) in [7, 11) is 0. The van der Waals surface area contributed by atoms with Crippen molar-refractivity contribution in [2.24, 2.45) is 5.73 Å². The standard InChI is InChI=1S/C11H15N5O2S/c12-8(6-16-1-3-17-4-2-16)10-14-11(18-15-10)9-5-13-7-19-9/h5,7-8H,1-4,6,12H2. The maximum absolute atomic E-state index is 6.11. The maximum Gasteiger partial charge on any atom is 0.269 e. The molecule has 8 heteroatoms. The molecule has 0 saturated carbocycles. The van der Waals surface area contributed by atoms with E-state index in [9.17, 15) is 0 Å². The van der Waals surface area contributed by atoms with Gasteiger partial charge < -0.3 is 15.0 Å². The summed E-state index contributed by atoms with van der Waals surface area (Å²) in [5.74, 6) is 1.02. The van der Waals surface area contributed by atoms with Crippen LogP contribution in [0.1, 0.15) is 11.9 Å². The largest absolute Gasteiger partial charge is 0.379 e. The van der Waals surface area contributed by atoms with Gasteiger partial charge in [-0.25, -0.2) is 0 Å². The number of nitrogens with two attached hydrogens (primary N) is 1. The molecule has 0 aliphatic carbocycles. The Morgan fingerprint density at radius 1 is 1.42 bits per heavy atom. The van der Waals surface area contributed by atoms with Crippen molar-refractivity contribution in [1.29, 1.82) is 0 Å². The Morgan fingerprint density at radius 2 is 2.26 bits per heavy atom. The fourth-order valence-corrected chi connectivity index (χ4v) is 2.49. The van der Waals surface area contributed by atoms with E-state index in [2.05, 4.69) is 20.0 Å². The minimum absolute atomic E-state index is 0.247. The molecular formula is C11H15N5O2S. The first-order chi connectivity index (χ1) is 9.33. The van der Waals surface area contributed by atoms with Crippen LogP contribution in [-0.2, 0) is 4.74 Å². The van der Waals surface area contributed by atoms with E-state index in [1.165, 1.54) is 11.3 Å². The highest BCUT2D eigenvalue weighted by Gasteiger charge is 2.20. The highest BCUT2D eigenvalue weighted by atomic mass is 32.1. The number of ether oxygens (including phenoxy) is 1. The van der Waals surface area contributed by atoms with E-state index >= 15 is 0 Å². The van der Waals surface area contributed by atoms with Gasteiger partial charge in [-0.3, -0.25) is 9.88 Å². The molecular weight excluding hydrogens is 266 g/mol. The monoisotopic (exact) mass is 281 g/mol. The van der Waals surface area contributed by atoms with Crippen molar-refractivity contribution < 1.29 is 9.26 Å². The van der Waals surface area contributed by atoms with Gasteiger partial charge in [0.25, 0.3) is 5.89 Å². The topological polar surface area (TPSA) is 90.3 Å². The molecule has 2 N–H and O–H groups in total. The third-order valence-corrected chi connectivity index (χ3v) is 3.74. The number of hydrogen-bond donors (Lipinski definition) is 1. The van der Waals surface area contributed by atoms with E-state index in [1.54, 1.807) is 11.7 Å². The van der Waals surface area contributed by atoms with Crippen LogP contribution < -0.4 is 5.73 Å². The Bertz CT molecular complexity index is 509. The van der Waals surface area contributed by atoms with Crippen molar-refractivity contribution >= 4 is 11.3 Å². The molecule has 0 bridgehead atoms. The number of hydrogen-bond acceptors (Lipinski definition) is 8. The van der Waals surface area contributed by atoms with Crippen LogP contribution in [0.25, 0.3) is 10.8 Å². The normalized spacial score (nSPS) is 18.6. The fourth-order valence-electron chi connectivity index (χ4n) is 1.95. The van der Waals surface area contributed by atoms with Crippen molar-refractivity contribution in [1.82, 2.24) is 20.0 Å². The van der Waals surface area contributed by atoms with Gasteiger partial charge in [-0.05, 0) is 0 Å². The number of thiazole rings is 1. The molecule has 1 aliphatic heterocycles. The first-order valence-corrected chi connectivity index (χ1v) is 6.99. The second-order valence-electron chi connectivity index (χ2n) is 4.34. The van der Waals surface area contributed by atoms with E-state index in [0.29, 0.717) is 18.3 Å². The average molecular weight is 281 g/mol. The van der Waals surface area contributed by atoms with Gasteiger partial charge >= 0.3 is 0 Å². The molecule has 3 heterocycles. The van der Waals surface area contributed by atoms with Gasteiger partial charge in [0.15, 0.2) is 5.82 Å². The molecule has 7 nitrogen and oxygen atoms in total. The number of nitrogens with zero attached hydrogens (tertiary/aromatic N) is 4. The second-order valence-corrected chi connectivity index (χ2v) is 5.23. The van der Waals surface area contributed by atoms with Crippen LogP contribution in [0.4, 0.5) is 0 Å².